The lowest BCUT2D eigenvalue weighted by molar-refractivity contribution is -0.137. The van der Waals surface area contributed by atoms with Crippen LogP contribution in [0.2, 0.25) is 0 Å². The summed E-state index contributed by atoms with van der Waals surface area (Å²) in [7, 11) is 3.77. The normalized spacial score (nSPS) is 10.1. The number of carboxylic acids is 1. The molecule has 0 aromatic rings. The second kappa shape index (κ2) is 16.8. The Hall–Kier alpha value is -1.70. The van der Waals surface area contributed by atoms with Crippen LogP contribution in [-0.2, 0) is 4.79 Å². The van der Waals surface area contributed by atoms with Crippen LogP contribution in [0.4, 0.5) is 4.79 Å². The molecule has 150 valence electrons. The average Bonchev–Trinajstić information content (AvgIpc) is 2.61. The van der Waals surface area contributed by atoms with Gasteiger partial charge in [0, 0.05) is 46.4 Å². The van der Waals surface area contributed by atoms with E-state index in [1.54, 1.807) is 0 Å². The number of hydrogen-bond donors (Lipinski definition) is 1. The lowest BCUT2D eigenvalue weighted by atomic mass is 10.1. The Balaban J connectivity index is 3.55. The number of aliphatic carboxylic acids is 1. The van der Waals surface area contributed by atoms with Crippen molar-refractivity contribution in [2.75, 3.05) is 27.2 Å². The van der Waals surface area contributed by atoms with Gasteiger partial charge in [-0.3, -0.25) is 4.79 Å². The second-order valence-electron chi connectivity index (χ2n) is 6.95. The van der Waals surface area contributed by atoms with E-state index >= 15 is 0 Å². The van der Waals surface area contributed by atoms with Crippen molar-refractivity contribution in [1.82, 2.24) is 9.80 Å². The molecular weight excluding hydrogens is 328 g/mol. The minimum atomic E-state index is -0.748. The van der Waals surface area contributed by atoms with E-state index in [2.05, 4.69) is 18.8 Å². The maximum Gasteiger partial charge on any atom is 0.319 e. The number of rotatable bonds is 14. The van der Waals surface area contributed by atoms with Crippen molar-refractivity contribution in [1.29, 1.82) is 0 Å². The Labute approximate surface area is 160 Å². The van der Waals surface area contributed by atoms with Crippen molar-refractivity contribution >= 4 is 12.0 Å². The van der Waals surface area contributed by atoms with Gasteiger partial charge in [0.25, 0.3) is 0 Å². The number of carboxylic acid groups (broad SMARTS) is 1. The molecule has 0 spiro atoms. The Kier molecular flexibility index (Phi) is 15.7. The van der Waals surface area contributed by atoms with Gasteiger partial charge in [-0.05, 0) is 25.7 Å². The summed E-state index contributed by atoms with van der Waals surface area (Å²) in [5.41, 5.74) is 0. The molecule has 0 atom stereocenters. The summed E-state index contributed by atoms with van der Waals surface area (Å²) in [4.78, 5) is 26.2. The van der Waals surface area contributed by atoms with Crippen LogP contribution < -0.4 is 0 Å². The average molecular weight is 367 g/mol. The maximum atomic E-state index is 12.2. The topological polar surface area (TPSA) is 60.9 Å². The first kappa shape index (κ1) is 24.3. The third kappa shape index (κ3) is 14.6. The summed E-state index contributed by atoms with van der Waals surface area (Å²) in [6, 6.07) is 0.124. The highest BCUT2D eigenvalue weighted by molar-refractivity contribution is 5.73. The summed E-state index contributed by atoms with van der Waals surface area (Å²) in [6.07, 6.45) is 11.5. The molecule has 0 aromatic heterocycles. The molecule has 0 fully saturated rings. The SMILES string of the molecule is CCCCCN(C)C(=O)N(C)CCCCCCCC#CCCCC(=O)O. The molecule has 0 rings (SSSR count). The summed E-state index contributed by atoms with van der Waals surface area (Å²) in [5.74, 6) is 5.40. The molecule has 0 aromatic carbocycles. The van der Waals surface area contributed by atoms with Gasteiger partial charge in [0.15, 0.2) is 0 Å². The molecule has 26 heavy (non-hydrogen) atoms. The molecule has 0 aliphatic heterocycles. The number of carbonyl (C=O) groups excluding carboxylic acids is 1. The molecule has 2 amide bonds. The van der Waals surface area contributed by atoms with E-state index in [1.165, 1.54) is 25.7 Å². The molecule has 0 unspecified atom stereocenters. The molecular formula is C21H38N2O3. The number of nitrogens with zero attached hydrogens (tertiary/aromatic N) is 2. The molecule has 0 bridgehead atoms. The van der Waals surface area contributed by atoms with Crippen LogP contribution in [0.25, 0.3) is 0 Å². The summed E-state index contributed by atoms with van der Waals surface area (Å²) in [6.45, 7) is 3.83. The molecule has 0 saturated carbocycles. The van der Waals surface area contributed by atoms with Crippen LogP contribution in [0.5, 0.6) is 0 Å². The highest BCUT2D eigenvalue weighted by Gasteiger charge is 2.12. The standard InChI is InChI=1S/C21H38N2O3/c1-4-5-15-18-22(2)21(26)23(3)19-16-13-11-9-7-6-8-10-12-14-17-20(24)25/h4-7,9,11-19H2,1-3H3,(H,24,25). The molecule has 0 aliphatic carbocycles. The van der Waals surface area contributed by atoms with Crippen molar-refractivity contribution < 1.29 is 14.7 Å². The van der Waals surface area contributed by atoms with E-state index in [1.807, 2.05) is 23.9 Å². The Morgan fingerprint density at radius 1 is 0.769 bits per heavy atom. The van der Waals surface area contributed by atoms with Gasteiger partial charge >= 0.3 is 12.0 Å². The van der Waals surface area contributed by atoms with E-state index in [-0.39, 0.29) is 12.5 Å². The van der Waals surface area contributed by atoms with E-state index in [0.29, 0.717) is 12.8 Å². The first-order chi connectivity index (χ1) is 12.5. The van der Waals surface area contributed by atoms with Crippen molar-refractivity contribution in [3.8, 4) is 11.8 Å². The van der Waals surface area contributed by atoms with E-state index in [4.69, 9.17) is 5.11 Å². The molecule has 1 N–H and O–H groups in total. The first-order valence-electron chi connectivity index (χ1n) is 10.1. The van der Waals surface area contributed by atoms with Crippen molar-refractivity contribution in [3.63, 3.8) is 0 Å². The zero-order valence-electron chi connectivity index (χ0n) is 17.1. The zero-order chi connectivity index (χ0) is 19.6. The van der Waals surface area contributed by atoms with Gasteiger partial charge in [-0.25, -0.2) is 4.79 Å². The minimum Gasteiger partial charge on any atom is -0.481 e. The summed E-state index contributed by atoms with van der Waals surface area (Å²) < 4.78 is 0. The molecule has 0 radical (unpaired) electrons. The van der Waals surface area contributed by atoms with Crippen LogP contribution in [0.3, 0.4) is 0 Å². The zero-order valence-corrected chi connectivity index (χ0v) is 17.1. The third-order valence-electron chi connectivity index (χ3n) is 4.36. The largest absolute Gasteiger partial charge is 0.481 e. The number of carbonyl (C=O) groups is 2. The molecule has 5 nitrogen and oxygen atoms in total. The number of hydrogen-bond acceptors (Lipinski definition) is 2. The number of amides is 2. The molecule has 5 heteroatoms. The predicted molar refractivity (Wildman–Crippen MR) is 107 cm³/mol. The van der Waals surface area contributed by atoms with Crippen LogP contribution in [0.1, 0.15) is 84.0 Å². The van der Waals surface area contributed by atoms with Crippen molar-refractivity contribution in [3.05, 3.63) is 0 Å². The fourth-order valence-corrected chi connectivity index (χ4v) is 2.68. The molecule has 0 aliphatic rings. The van der Waals surface area contributed by atoms with E-state index < -0.39 is 5.97 Å². The highest BCUT2D eigenvalue weighted by atomic mass is 16.4. The van der Waals surface area contributed by atoms with Gasteiger partial charge in [0.05, 0.1) is 0 Å². The van der Waals surface area contributed by atoms with Gasteiger partial charge in [0.1, 0.15) is 0 Å². The van der Waals surface area contributed by atoms with Gasteiger partial charge in [-0.2, -0.15) is 0 Å². The Bertz CT molecular complexity index is 440. The summed E-state index contributed by atoms with van der Waals surface area (Å²) >= 11 is 0. The lowest BCUT2D eigenvalue weighted by Crippen LogP contribution is -2.39. The van der Waals surface area contributed by atoms with Gasteiger partial charge in [0.2, 0.25) is 0 Å². The minimum absolute atomic E-state index is 0.124. The van der Waals surface area contributed by atoms with Gasteiger partial charge in [-0.1, -0.05) is 39.0 Å². The fraction of sp³-hybridized carbons (Fsp3) is 0.810. The Morgan fingerprint density at radius 2 is 1.27 bits per heavy atom. The van der Waals surface area contributed by atoms with Gasteiger partial charge < -0.3 is 14.9 Å². The maximum absolute atomic E-state index is 12.2. The quantitative estimate of drug-likeness (QED) is 0.356. The second-order valence-corrected chi connectivity index (χ2v) is 6.95. The van der Waals surface area contributed by atoms with Crippen LogP contribution in [0, 0.1) is 11.8 Å². The number of unbranched alkanes of at least 4 members (excludes halogenated alkanes) is 8. The smallest absolute Gasteiger partial charge is 0.319 e. The van der Waals surface area contributed by atoms with E-state index in [0.717, 1.165) is 45.2 Å². The first-order valence-corrected chi connectivity index (χ1v) is 10.1. The Morgan fingerprint density at radius 3 is 1.85 bits per heavy atom. The van der Waals surface area contributed by atoms with Crippen LogP contribution in [0.15, 0.2) is 0 Å². The monoisotopic (exact) mass is 366 g/mol. The van der Waals surface area contributed by atoms with E-state index in [9.17, 15) is 9.59 Å². The van der Waals surface area contributed by atoms with Crippen molar-refractivity contribution in [2.45, 2.75) is 84.0 Å². The summed E-state index contributed by atoms with van der Waals surface area (Å²) in [5, 5.41) is 8.52. The lowest BCUT2D eigenvalue weighted by Gasteiger charge is -2.25. The predicted octanol–water partition coefficient (Wildman–Crippen LogP) is 4.76. The fourth-order valence-electron chi connectivity index (χ4n) is 2.68. The van der Waals surface area contributed by atoms with Crippen molar-refractivity contribution in [2.24, 2.45) is 0 Å². The number of urea groups is 1. The molecule has 0 saturated heterocycles. The van der Waals surface area contributed by atoms with Gasteiger partial charge in [-0.15, -0.1) is 11.8 Å². The highest BCUT2D eigenvalue weighted by Crippen LogP contribution is 2.07. The van der Waals surface area contributed by atoms with Crippen LogP contribution in [-0.4, -0.2) is 54.1 Å². The van der Waals surface area contributed by atoms with Crippen LogP contribution >= 0.6 is 0 Å². The molecule has 0 heterocycles. The third-order valence-corrected chi connectivity index (χ3v) is 4.36.